The Bertz CT molecular complexity index is 193. The molecule has 0 saturated carbocycles. The molecular formula is C9H17NO3. The molecule has 0 bridgehead atoms. The Morgan fingerprint density at radius 3 is 2.77 bits per heavy atom. The number of hydrogen-bond acceptors (Lipinski definition) is 4. The van der Waals surface area contributed by atoms with E-state index in [0.29, 0.717) is 19.1 Å². The lowest BCUT2D eigenvalue weighted by atomic mass is 9.80. The maximum absolute atomic E-state index is 11.5. The van der Waals surface area contributed by atoms with Crippen molar-refractivity contribution in [3.8, 4) is 0 Å². The number of esters is 1. The first-order valence-electron chi connectivity index (χ1n) is 4.56. The predicted octanol–water partition coefficient (Wildman–Crippen LogP) is 0.509. The van der Waals surface area contributed by atoms with E-state index in [1.807, 2.05) is 0 Å². The lowest BCUT2D eigenvalue weighted by Crippen LogP contribution is -2.48. The zero-order valence-electron chi connectivity index (χ0n) is 8.21. The molecule has 0 radical (unpaired) electrons. The molecule has 76 valence electrons. The maximum atomic E-state index is 11.5. The Kier molecular flexibility index (Phi) is 3.27. The van der Waals surface area contributed by atoms with E-state index in [-0.39, 0.29) is 12.8 Å². The van der Waals surface area contributed by atoms with Gasteiger partial charge in [0.1, 0.15) is 5.41 Å². The Hall–Kier alpha value is -0.610. The van der Waals surface area contributed by atoms with E-state index >= 15 is 0 Å². The zero-order valence-corrected chi connectivity index (χ0v) is 8.21. The number of carbonyl (C=O) groups excluding carboxylic acids is 1. The summed E-state index contributed by atoms with van der Waals surface area (Å²) in [5, 5.41) is 0. The summed E-state index contributed by atoms with van der Waals surface area (Å²) in [7, 11) is 0. The summed E-state index contributed by atoms with van der Waals surface area (Å²) in [5.74, 6) is 0.202. The van der Waals surface area contributed by atoms with Gasteiger partial charge in [-0.25, -0.2) is 0 Å². The lowest BCUT2D eigenvalue weighted by Gasteiger charge is -2.34. The highest BCUT2D eigenvalue weighted by atomic mass is 16.7. The number of rotatable bonds is 3. The summed E-state index contributed by atoms with van der Waals surface area (Å²) in [4.78, 5) is 11.5. The van der Waals surface area contributed by atoms with E-state index in [9.17, 15) is 4.79 Å². The molecule has 1 unspecified atom stereocenters. The van der Waals surface area contributed by atoms with Crippen LogP contribution in [0, 0.1) is 11.3 Å². The summed E-state index contributed by atoms with van der Waals surface area (Å²) < 4.78 is 9.97. The SMILES string of the molecule is CC(C)CC1(CN)COCOC1=O. The average molecular weight is 187 g/mol. The molecule has 4 nitrogen and oxygen atoms in total. The molecule has 0 aliphatic carbocycles. The third-order valence-corrected chi connectivity index (χ3v) is 2.27. The molecule has 1 atom stereocenters. The van der Waals surface area contributed by atoms with Crippen LogP contribution in [-0.4, -0.2) is 25.9 Å². The molecule has 2 N–H and O–H groups in total. The quantitative estimate of drug-likeness (QED) is 0.654. The summed E-state index contributed by atoms with van der Waals surface area (Å²) in [5.41, 5.74) is 4.99. The second kappa shape index (κ2) is 4.07. The van der Waals surface area contributed by atoms with Crippen molar-refractivity contribution in [2.24, 2.45) is 17.1 Å². The Balaban J connectivity index is 2.70. The van der Waals surface area contributed by atoms with Gasteiger partial charge in [-0.05, 0) is 12.3 Å². The number of carbonyl (C=O) groups is 1. The second-order valence-electron chi connectivity index (χ2n) is 3.98. The first-order valence-corrected chi connectivity index (χ1v) is 4.56. The highest BCUT2D eigenvalue weighted by Crippen LogP contribution is 2.30. The van der Waals surface area contributed by atoms with Gasteiger partial charge in [-0.2, -0.15) is 0 Å². The summed E-state index contributed by atoms with van der Waals surface area (Å²) >= 11 is 0. The van der Waals surface area contributed by atoms with Gasteiger partial charge in [-0.1, -0.05) is 13.8 Å². The minimum atomic E-state index is -0.605. The van der Waals surface area contributed by atoms with E-state index < -0.39 is 5.41 Å². The smallest absolute Gasteiger partial charge is 0.317 e. The van der Waals surface area contributed by atoms with Crippen LogP contribution in [0.15, 0.2) is 0 Å². The highest BCUT2D eigenvalue weighted by Gasteiger charge is 2.42. The Morgan fingerprint density at radius 2 is 2.31 bits per heavy atom. The monoisotopic (exact) mass is 187 g/mol. The van der Waals surface area contributed by atoms with Gasteiger partial charge in [0.15, 0.2) is 6.79 Å². The van der Waals surface area contributed by atoms with Gasteiger partial charge in [0, 0.05) is 6.54 Å². The second-order valence-corrected chi connectivity index (χ2v) is 3.98. The van der Waals surface area contributed by atoms with Crippen LogP contribution in [0.4, 0.5) is 0 Å². The summed E-state index contributed by atoms with van der Waals surface area (Å²) in [6.45, 7) is 4.86. The largest absolute Gasteiger partial charge is 0.438 e. The highest BCUT2D eigenvalue weighted by molar-refractivity contribution is 5.77. The van der Waals surface area contributed by atoms with Crippen molar-refractivity contribution < 1.29 is 14.3 Å². The van der Waals surface area contributed by atoms with Crippen LogP contribution in [-0.2, 0) is 14.3 Å². The molecule has 1 saturated heterocycles. The number of ether oxygens (including phenoxy) is 2. The van der Waals surface area contributed by atoms with Crippen molar-refractivity contribution in [2.75, 3.05) is 19.9 Å². The van der Waals surface area contributed by atoms with E-state index in [4.69, 9.17) is 15.2 Å². The minimum Gasteiger partial charge on any atom is -0.438 e. The van der Waals surface area contributed by atoms with Crippen molar-refractivity contribution in [3.63, 3.8) is 0 Å². The van der Waals surface area contributed by atoms with Gasteiger partial charge in [0.05, 0.1) is 6.61 Å². The molecule has 13 heavy (non-hydrogen) atoms. The third-order valence-electron chi connectivity index (χ3n) is 2.27. The fourth-order valence-electron chi connectivity index (χ4n) is 1.69. The number of hydrogen-bond donors (Lipinski definition) is 1. The molecule has 0 aromatic carbocycles. The molecule has 1 aliphatic rings. The van der Waals surface area contributed by atoms with Crippen LogP contribution in [0.1, 0.15) is 20.3 Å². The molecule has 0 amide bonds. The van der Waals surface area contributed by atoms with Crippen LogP contribution in [0.5, 0.6) is 0 Å². The number of cyclic esters (lactones) is 1. The fourth-order valence-corrected chi connectivity index (χ4v) is 1.69. The Labute approximate surface area is 78.4 Å². The van der Waals surface area contributed by atoms with Crippen LogP contribution in [0.3, 0.4) is 0 Å². The fraction of sp³-hybridized carbons (Fsp3) is 0.889. The molecular weight excluding hydrogens is 170 g/mol. The first-order chi connectivity index (χ1) is 6.10. The van der Waals surface area contributed by atoms with Gasteiger partial charge in [-0.3, -0.25) is 4.79 Å². The van der Waals surface area contributed by atoms with Crippen molar-refractivity contribution >= 4 is 5.97 Å². The molecule has 1 heterocycles. The van der Waals surface area contributed by atoms with E-state index in [0.717, 1.165) is 6.42 Å². The van der Waals surface area contributed by atoms with E-state index in [1.165, 1.54) is 0 Å². The standard InChI is InChI=1S/C9H17NO3/c1-7(2)3-9(4-10)5-12-6-13-8(9)11/h7H,3-6,10H2,1-2H3. The summed E-state index contributed by atoms with van der Waals surface area (Å²) in [6.07, 6.45) is 0.725. The molecule has 0 aromatic rings. The van der Waals surface area contributed by atoms with Crippen LogP contribution in [0.2, 0.25) is 0 Å². The lowest BCUT2D eigenvalue weighted by molar-refractivity contribution is -0.195. The zero-order chi connectivity index (χ0) is 9.90. The van der Waals surface area contributed by atoms with Crippen LogP contribution >= 0.6 is 0 Å². The van der Waals surface area contributed by atoms with Crippen LogP contribution < -0.4 is 5.73 Å². The van der Waals surface area contributed by atoms with Crippen LogP contribution in [0.25, 0.3) is 0 Å². The topological polar surface area (TPSA) is 61.6 Å². The molecule has 0 aromatic heterocycles. The van der Waals surface area contributed by atoms with Crippen molar-refractivity contribution in [1.29, 1.82) is 0 Å². The summed E-state index contributed by atoms with van der Waals surface area (Å²) in [6, 6.07) is 0. The van der Waals surface area contributed by atoms with E-state index in [1.54, 1.807) is 0 Å². The third kappa shape index (κ3) is 2.19. The molecule has 0 spiro atoms. The number of nitrogens with two attached hydrogens (primary N) is 1. The maximum Gasteiger partial charge on any atom is 0.317 e. The minimum absolute atomic E-state index is 0.0681. The molecule has 1 rings (SSSR count). The molecule has 1 fully saturated rings. The van der Waals surface area contributed by atoms with Gasteiger partial charge in [0.25, 0.3) is 0 Å². The van der Waals surface area contributed by atoms with Crippen molar-refractivity contribution in [2.45, 2.75) is 20.3 Å². The van der Waals surface area contributed by atoms with Crippen molar-refractivity contribution in [3.05, 3.63) is 0 Å². The first kappa shape index (κ1) is 10.5. The average Bonchev–Trinajstić information content (AvgIpc) is 2.08. The van der Waals surface area contributed by atoms with Gasteiger partial charge < -0.3 is 15.2 Å². The Morgan fingerprint density at radius 1 is 1.62 bits per heavy atom. The molecule has 1 aliphatic heterocycles. The normalized spacial score (nSPS) is 29.1. The molecule has 4 heteroatoms. The van der Waals surface area contributed by atoms with E-state index in [2.05, 4.69) is 13.8 Å². The van der Waals surface area contributed by atoms with Gasteiger partial charge >= 0.3 is 5.97 Å². The predicted molar refractivity (Wildman–Crippen MR) is 47.9 cm³/mol. The van der Waals surface area contributed by atoms with Crippen molar-refractivity contribution in [1.82, 2.24) is 0 Å². The van der Waals surface area contributed by atoms with Gasteiger partial charge in [-0.15, -0.1) is 0 Å². The van der Waals surface area contributed by atoms with Gasteiger partial charge in [0.2, 0.25) is 0 Å².